The third-order valence-corrected chi connectivity index (χ3v) is 5.23. The highest BCUT2D eigenvalue weighted by Crippen LogP contribution is 2.30. The predicted octanol–water partition coefficient (Wildman–Crippen LogP) is 5.55. The van der Waals surface area contributed by atoms with E-state index >= 15 is 0 Å². The third-order valence-electron chi connectivity index (χ3n) is 3.11. The summed E-state index contributed by atoms with van der Waals surface area (Å²) in [6.07, 6.45) is 3.55. The summed E-state index contributed by atoms with van der Waals surface area (Å²) in [6, 6.07) is 7.39. The van der Waals surface area contributed by atoms with E-state index in [1.165, 1.54) is 11.3 Å². The quantitative estimate of drug-likeness (QED) is 0.401. The van der Waals surface area contributed by atoms with E-state index in [1.807, 2.05) is 28.3 Å². The molecule has 3 aromatic rings. The van der Waals surface area contributed by atoms with Gasteiger partial charge in [-0.25, -0.2) is 4.68 Å². The zero-order valence-corrected chi connectivity index (χ0v) is 15.7. The lowest BCUT2D eigenvalue weighted by Crippen LogP contribution is -2.12. The van der Waals surface area contributed by atoms with Crippen molar-refractivity contribution in [3.05, 3.63) is 73.5 Å². The first kappa shape index (κ1) is 17.2. The average molecular weight is 394 g/mol. The Bertz CT molecular complexity index is 937. The molecule has 0 fully saturated rings. The molecule has 0 radical (unpaired) electrons. The first-order chi connectivity index (χ1) is 11.7. The van der Waals surface area contributed by atoms with Gasteiger partial charge in [-0.05, 0) is 35.0 Å². The Morgan fingerprint density at radius 1 is 1.21 bits per heavy atom. The molecule has 0 aliphatic carbocycles. The summed E-state index contributed by atoms with van der Waals surface area (Å²) in [4.78, 5) is 5.27. The van der Waals surface area contributed by atoms with Gasteiger partial charge in [0.15, 0.2) is 0 Å². The highest BCUT2D eigenvalue weighted by Gasteiger charge is 2.11. The molecule has 3 rings (SSSR count). The Kier molecular flexibility index (Phi) is 5.68. The minimum Gasteiger partial charge on any atom is -0.253 e. The lowest BCUT2D eigenvalue weighted by molar-refractivity contribution is 0.840. The Morgan fingerprint density at radius 2 is 2.08 bits per heavy atom. The van der Waals surface area contributed by atoms with Crippen LogP contribution in [0.2, 0.25) is 10.0 Å². The van der Waals surface area contributed by atoms with E-state index in [9.17, 15) is 0 Å². The first-order valence-electron chi connectivity index (χ1n) is 7.03. The van der Waals surface area contributed by atoms with E-state index in [2.05, 4.69) is 16.7 Å². The summed E-state index contributed by atoms with van der Waals surface area (Å²) in [5.74, 6) is 0. The molecular formula is C17H13Cl2N3S2. The molecule has 0 aliphatic rings. The molecule has 0 saturated heterocycles. The van der Waals surface area contributed by atoms with E-state index in [0.29, 0.717) is 16.6 Å². The summed E-state index contributed by atoms with van der Waals surface area (Å²) < 4.78 is 1.78. The lowest BCUT2D eigenvalue weighted by atomic mass is 10.2. The zero-order chi connectivity index (χ0) is 16.9. The van der Waals surface area contributed by atoms with Crippen LogP contribution >= 0.6 is 45.9 Å². The molecule has 0 N–H and O–H groups in total. The molecule has 24 heavy (non-hydrogen) atoms. The van der Waals surface area contributed by atoms with Crippen LogP contribution in [0.25, 0.3) is 11.3 Å². The van der Waals surface area contributed by atoms with E-state index in [0.717, 1.165) is 21.6 Å². The van der Waals surface area contributed by atoms with Crippen molar-refractivity contribution in [1.29, 1.82) is 0 Å². The van der Waals surface area contributed by atoms with Crippen LogP contribution in [-0.2, 0) is 0 Å². The fourth-order valence-corrected chi connectivity index (χ4v) is 3.85. The smallest absolute Gasteiger partial charge is 0.206 e. The second kappa shape index (κ2) is 7.94. The molecule has 0 aliphatic heterocycles. The highest BCUT2D eigenvalue weighted by atomic mass is 35.5. The molecule has 0 bridgehead atoms. The van der Waals surface area contributed by atoms with Crippen LogP contribution in [0.1, 0.15) is 5.56 Å². The Labute approximate surface area is 157 Å². The number of thiazole rings is 1. The van der Waals surface area contributed by atoms with Gasteiger partial charge in [-0.1, -0.05) is 29.3 Å². The van der Waals surface area contributed by atoms with Crippen molar-refractivity contribution in [2.75, 3.05) is 6.54 Å². The fraction of sp³-hybridized carbons (Fsp3) is 0.0588. The van der Waals surface area contributed by atoms with E-state index in [4.69, 9.17) is 23.2 Å². The second-order valence-corrected chi connectivity index (χ2v) is 7.23. The maximum atomic E-state index is 6.35. The fourth-order valence-electron chi connectivity index (χ4n) is 2.01. The van der Waals surface area contributed by atoms with Gasteiger partial charge in [-0.2, -0.15) is 16.4 Å². The molecule has 122 valence electrons. The van der Waals surface area contributed by atoms with Gasteiger partial charge in [0, 0.05) is 21.5 Å². The molecule has 2 aromatic heterocycles. The van der Waals surface area contributed by atoms with Gasteiger partial charge in [0.1, 0.15) is 0 Å². The van der Waals surface area contributed by atoms with Crippen LogP contribution in [-0.4, -0.2) is 17.4 Å². The van der Waals surface area contributed by atoms with Crippen LogP contribution in [0.5, 0.6) is 0 Å². The third kappa shape index (κ3) is 3.87. The van der Waals surface area contributed by atoms with Crippen molar-refractivity contribution in [1.82, 2.24) is 4.68 Å². The second-order valence-electron chi connectivity index (χ2n) is 4.77. The van der Waals surface area contributed by atoms with Crippen LogP contribution in [0.3, 0.4) is 0 Å². The molecular weight excluding hydrogens is 381 g/mol. The first-order valence-corrected chi connectivity index (χ1v) is 9.61. The van der Waals surface area contributed by atoms with Crippen molar-refractivity contribution >= 4 is 52.1 Å². The SMILES string of the molecule is C=CCN=c1scc(-c2cc(Cl)ccc2Cl)n1N=Cc1ccsc1. The molecule has 2 heterocycles. The van der Waals surface area contributed by atoms with Crippen molar-refractivity contribution in [2.24, 2.45) is 10.1 Å². The molecule has 7 heteroatoms. The van der Waals surface area contributed by atoms with E-state index in [-0.39, 0.29) is 0 Å². The molecule has 3 nitrogen and oxygen atoms in total. The summed E-state index contributed by atoms with van der Waals surface area (Å²) in [6.45, 7) is 4.23. The van der Waals surface area contributed by atoms with Gasteiger partial charge in [-0.15, -0.1) is 17.9 Å². The molecule has 0 atom stereocenters. The van der Waals surface area contributed by atoms with Crippen LogP contribution < -0.4 is 4.80 Å². The number of thiophene rings is 1. The summed E-state index contributed by atoms with van der Waals surface area (Å²) >= 11 is 15.6. The van der Waals surface area contributed by atoms with Gasteiger partial charge < -0.3 is 0 Å². The van der Waals surface area contributed by atoms with Crippen LogP contribution in [0, 0.1) is 0 Å². The summed E-state index contributed by atoms with van der Waals surface area (Å²) in [7, 11) is 0. The molecule has 0 unspecified atom stereocenters. The van der Waals surface area contributed by atoms with Crippen molar-refractivity contribution < 1.29 is 0 Å². The largest absolute Gasteiger partial charge is 0.253 e. The molecule has 0 spiro atoms. The minimum absolute atomic E-state index is 0.525. The number of nitrogens with zero attached hydrogens (tertiary/aromatic N) is 3. The van der Waals surface area contributed by atoms with Crippen molar-refractivity contribution in [3.63, 3.8) is 0 Å². The molecule has 1 aromatic carbocycles. The molecule has 0 amide bonds. The Balaban J connectivity index is 2.14. The molecule has 0 saturated carbocycles. The maximum absolute atomic E-state index is 6.35. The standard InChI is InChI=1S/C17H13Cl2N3S2/c1-2-6-20-17-22(21-9-12-5-7-23-10-12)16(11-24-17)14-8-13(18)3-4-15(14)19/h2-5,7-11H,1,6H2. The summed E-state index contributed by atoms with van der Waals surface area (Å²) in [5, 5.41) is 11.8. The monoisotopic (exact) mass is 393 g/mol. The van der Waals surface area contributed by atoms with Crippen molar-refractivity contribution in [2.45, 2.75) is 0 Å². The number of halogens is 2. The van der Waals surface area contributed by atoms with Gasteiger partial charge in [-0.3, -0.25) is 4.99 Å². The van der Waals surface area contributed by atoms with E-state index < -0.39 is 0 Å². The number of hydrogen-bond donors (Lipinski definition) is 0. The van der Waals surface area contributed by atoms with E-state index in [1.54, 1.807) is 40.4 Å². The van der Waals surface area contributed by atoms with Gasteiger partial charge >= 0.3 is 0 Å². The van der Waals surface area contributed by atoms with Crippen molar-refractivity contribution in [3.8, 4) is 11.3 Å². The zero-order valence-electron chi connectivity index (χ0n) is 12.5. The van der Waals surface area contributed by atoms with Gasteiger partial charge in [0.05, 0.1) is 23.5 Å². The number of rotatable bonds is 5. The number of hydrogen-bond acceptors (Lipinski definition) is 4. The number of benzene rings is 1. The lowest BCUT2D eigenvalue weighted by Gasteiger charge is -2.06. The Hall–Kier alpha value is -1.66. The minimum atomic E-state index is 0.525. The average Bonchev–Trinajstić information content (AvgIpc) is 3.22. The topological polar surface area (TPSA) is 29.6 Å². The Morgan fingerprint density at radius 3 is 2.83 bits per heavy atom. The normalized spacial score (nSPS) is 12.2. The van der Waals surface area contributed by atoms with Crippen LogP contribution in [0.15, 0.2) is 63.2 Å². The summed E-state index contributed by atoms with van der Waals surface area (Å²) in [5.41, 5.74) is 2.71. The number of aromatic nitrogens is 1. The van der Waals surface area contributed by atoms with Crippen LogP contribution in [0.4, 0.5) is 0 Å². The predicted molar refractivity (Wildman–Crippen MR) is 106 cm³/mol. The highest BCUT2D eigenvalue weighted by molar-refractivity contribution is 7.08. The maximum Gasteiger partial charge on any atom is 0.206 e. The van der Waals surface area contributed by atoms with Gasteiger partial charge in [0.25, 0.3) is 0 Å². The van der Waals surface area contributed by atoms with Gasteiger partial charge in [0.2, 0.25) is 4.80 Å².